The lowest BCUT2D eigenvalue weighted by atomic mass is 9.92. The standard InChI is InChI=1S/C24H32N4O5/c1-24(2,3)32-23(31)28-14-12-27(13-15-28)11-5-7-16-6-4-8-17-20(26-33-21(16)17)18-9-10-19(29)25-22(18)30/h4,6,8,18H,5,7,9-15H2,1-3H3,(H,25,29,30). The monoisotopic (exact) mass is 456 g/mol. The zero-order valence-electron chi connectivity index (χ0n) is 19.6. The Labute approximate surface area is 193 Å². The lowest BCUT2D eigenvalue weighted by Crippen LogP contribution is -2.50. The number of benzene rings is 1. The highest BCUT2D eigenvalue weighted by molar-refractivity contribution is 6.02. The van der Waals surface area contributed by atoms with E-state index < -0.39 is 11.5 Å². The molecule has 4 rings (SSSR count). The van der Waals surface area contributed by atoms with Gasteiger partial charge in [-0.25, -0.2) is 4.79 Å². The molecule has 2 fully saturated rings. The number of fused-ring (bicyclic) bond motifs is 1. The largest absolute Gasteiger partial charge is 0.444 e. The first-order valence-electron chi connectivity index (χ1n) is 11.6. The lowest BCUT2D eigenvalue weighted by molar-refractivity contribution is -0.134. The van der Waals surface area contributed by atoms with E-state index in [1.807, 2.05) is 39.0 Å². The Kier molecular flexibility index (Phi) is 6.69. The van der Waals surface area contributed by atoms with Crippen LogP contribution in [0.4, 0.5) is 4.79 Å². The first kappa shape index (κ1) is 23.2. The van der Waals surface area contributed by atoms with Crippen molar-refractivity contribution in [1.82, 2.24) is 20.3 Å². The van der Waals surface area contributed by atoms with Gasteiger partial charge < -0.3 is 14.2 Å². The van der Waals surface area contributed by atoms with Crippen LogP contribution in [0, 0.1) is 0 Å². The van der Waals surface area contributed by atoms with Crippen molar-refractivity contribution in [3.8, 4) is 0 Å². The van der Waals surface area contributed by atoms with Crippen molar-refractivity contribution in [3.63, 3.8) is 0 Å². The number of nitrogens with zero attached hydrogens (tertiary/aromatic N) is 3. The van der Waals surface area contributed by atoms with Crippen molar-refractivity contribution >= 4 is 28.9 Å². The van der Waals surface area contributed by atoms with E-state index in [0.717, 1.165) is 43.4 Å². The predicted octanol–water partition coefficient (Wildman–Crippen LogP) is 2.83. The number of nitrogens with one attached hydrogen (secondary N) is 1. The second-order valence-corrected chi connectivity index (χ2v) is 9.78. The lowest BCUT2D eigenvalue weighted by Gasteiger charge is -2.35. The molecule has 1 atom stereocenters. The van der Waals surface area contributed by atoms with Crippen LogP contribution in [-0.2, 0) is 20.7 Å². The third-order valence-electron chi connectivity index (χ3n) is 6.12. The van der Waals surface area contributed by atoms with E-state index in [0.29, 0.717) is 37.2 Å². The van der Waals surface area contributed by atoms with Gasteiger partial charge in [-0.05, 0) is 58.2 Å². The fraction of sp³-hybridized carbons (Fsp3) is 0.583. The second kappa shape index (κ2) is 9.51. The Morgan fingerprint density at radius 1 is 1.21 bits per heavy atom. The summed E-state index contributed by atoms with van der Waals surface area (Å²) in [5.41, 5.74) is 1.90. The van der Waals surface area contributed by atoms with E-state index in [-0.39, 0.29) is 17.9 Å². The Balaban J connectivity index is 1.31. The highest BCUT2D eigenvalue weighted by atomic mass is 16.6. The number of carbonyl (C=O) groups excluding carboxylic acids is 3. The van der Waals surface area contributed by atoms with E-state index in [1.54, 1.807) is 4.90 Å². The van der Waals surface area contributed by atoms with Crippen LogP contribution in [0.1, 0.15) is 57.2 Å². The van der Waals surface area contributed by atoms with E-state index in [2.05, 4.69) is 15.4 Å². The van der Waals surface area contributed by atoms with Crippen LogP contribution in [0.5, 0.6) is 0 Å². The fourth-order valence-corrected chi connectivity index (χ4v) is 4.41. The molecule has 3 amide bonds. The molecular formula is C24H32N4O5. The molecule has 0 spiro atoms. The number of aryl methyl sites for hydroxylation is 1. The highest BCUT2D eigenvalue weighted by Gasteiger charge is 2.32. The number of hydrogen-bond donors (Lipinski definition) is 1. The van der Waals surface area contributed by atoms with Crippen LogP contribution in [0.15, 0.2) is 22.7 Å². The van der Waals surface area contributed by atoms with Gasteiger partial charge in [-0.3, -0.25) is 19.8 Å². The van der Waals surface area contributed by atoms with Gasteiger partial charge in [-0.2, -0.15) is 0 Å². The van der Waals surface area contributed by atoms with Gasteiger partial charge in [0.15, 0.2) is 5.58 Å². The van der Waals surface area contributed by atoms with Gasteiger partial charge in [0.25, 0.3) is 0 Å². The molecule has 9 nitrogen and oxygen atoms in total. The molecule has 178 valence electrons. The molecule has 1 unspecified atom stereocenters. The maximum Gasteiger partial charge on any atom is 0.410 e. The second-order valence-electron chi connectivity index (χ2n) is 9.78. The molecule has 0 bridgehead atoms. The minimum absolute atomic E-state index is 0.239. The summed E-state index contributed by atoms with van der Waals surface area (Å²) >= 11 is 0. The quantitative estimate of drug-likeness (QED) is 0.690. The summed E-state index contributed by atoms with van der Waals surface area (Å²) in [5, 5.41) is 7.43. The number of amides is 3. The summed E-state index contributed by atoms with van der Waals surface area (Å²) in [7, 11) is 0. The molecular weight excluding hydrogens is 424 g/mol. The molecule has 9 heteroatoms. The number of piperazine rings is 1. The van der Waals surface area contributed by atoms with E-state index in [9.17, 15) is 14.4 Å². The van der Waals surface area contributed by atoms with Crippen molar-refractivity contribution in [3.05, 3.63) is 29.5 Å². The zero-order chi connectivity index (χ0) is 23.6. The van der Waals surface area contributed by atoms with Gasteiger partial charge in [0, 0.05) is 38.0 Å². The highest BCUT2D eigenvalue weighted by Crippen LogP contribution is 2.32. The van der Waals surface area contributed by atoms with Gasteiger partial charge in [0.1, 0.15) is 11.3 Å². The van der Waals surface area contributed by atoms with Gasteiger partial charge in [-0.15, -0.1) is 0 Å². The van der Waals surface area contributed by atoms with Crippen molar-refractivity contribution in [2.45, 2.75) is 58.0 Å². The summed E-state index contributed by atoms with van der Waals surface area (Å²) < 4.78 is 11.1. The number of ether oxygens (including phenoxy) is 1. The molecule has 0 saturated carbocycles. The molecule has 1 N–H and O–H groups in total. The number of para-hydroxylation sites is 1. The molecule has 0 aliphatic carbocycles. The summed E-state index contributed by atoms with van der Waals surface area (Å²) in [5.74, 6) is -1.01. The molecule has 2 saturated heterocycles. The minimum atomic E-state index is -0.478. The van der Waals surface area contributed by atoms with Crippen LogP contribution in [-0.4, -0.2) is 71.2 Å². The predicted molar refractivity (Wildman–Crippen MR) is 122 cm³/mol. The SMILES string of the molecule is CC(C)(C)OC(=O)N1CCN(CCCc2cccc3c(C4CCC(=O)NC4=O)noc23)CC1. The maximum atomic E-state index is 12.3. The molecule has 0 radical (unpaired) electrons. The Morgan fingerprint density at radius 3 is 2.67 bits per heavy atom. The minimum Gasteiger partial charge on any atom is -0.444 e. The van der Waals surface area contributed by atoms with Gasteiger partial charge in [-0.1, -0.05) is 17.3 Å². The van der Waals surface area contributed by atoms with Gasteiger partial charge in [0.2, 0.25) is 11.8 Å². The molecule has 2 aliphatic heterocycles. The Hall–Kier alpha value is -2.94. The third-order valence-corrected chi connectivity index (χ3v) is 6.12. The first-order valence-corrected chi connectivity index (χ1v) is 11.6. The summed E-state index contributed by atoms with van der Waals surface area (Å²) in [6, 6.07) is 5.91. The fourth-order valence-electron chi connectivity index (χ4n) is 4.41. The molecule has 33 heavy (non-hydrogen) atoms. The van der Waals surface area contributed by atoms with E-state index >= 15 is 0 Å². The topological polar surface area (TPSA) is 105 Å². The van der Waals surface area contributed by atoms with Crippen molar-refractivity contribution in [2.24, 2.45) is 0 Å². The van der Waals surface area contributed by atoms with Crippen LogP contribution >= 0.6 is 0 Å². The number of hydrogen-bond acceptors (Lipinski definition) is 7. The molecule has 2 aromatic rings. The molecule has 1 aromatic carbocycles. The molecule has 2 aliphatic rings. The molecule has 3 heterocycles. The van der Waals surface area contributed by atoms with Crippen LogP contribution in [0.2, 0.25) is 0 Å². The number of rotatable bonds is 5. The average Bonchev–Trinajstić information content (AvgIpc) is 3.18. The van der Waals surface area contributed by atoms with Crippen LogP contribution in [0.25, 0.3) is 11.0 Å². The van der Waals surface area contributed by atoms with E-state index in [1.165, 1.54) is 0 Å². The first-order chi connectivity index (χ1) is 15.7. The third kappa shape index (κ3) is 5.52. The smallest absolute Gasteiger partial charge is 0.410 e. The number of carbonyl (C=O) groups is 3. The normalized spacial score (nSPS) is 20.2. The van der Waals surface area contributed by atoms with E-state index in [4.69, 9.17) is 9.26 Å². The van der Waals surface area contributed by atoms with Gasteiger partial charge >= 0.3 is 6.09 Å². The van der Waals surface area contributed by atoms with Crippen molar-refractivity contribution < 1.29 is 23.6 Å². The number of imide groups is 1. The number of piperidine rings is 1. The molecule has 1 aromatic heterocycles. The zero-order valence-corrected chi connectivity index (χ0v) is 19.6. The Bertz CT molecular complexity index is 1030. The maximum absolute atomic E-state index is 12.3. The van der Waals surface area contributed by atoms with Crippen LogP contribution in [0.3, 0.4) is 0 Å². The summed E-state index contributed by atoms with van der Waals surface area (Å²) in [6.45, 7) is 9.55. The summed E-state index contributed by atoms with van der Waals surface area (Å²) in [6.07, 6.45) is 2.29. The average molecular weight is 457 g/mol. The summed E-state index contributed by atoms with van der Waals surface area (Å²) in [4.78, 5) is 40.1. The van der Waals surface area contributed by atoms with Crippen molar-refractivity contribution in [2.75, 3.05) is 32.7 Å². The van der Waals surface area contributed by atoms with Crippen LogP contribution < -0.4 is 5.32 Å². The number of aromatic nitrogens is 1. The Morgan fingerprint density at radius 2 is 1.97 bits per heavy atom. The van der Waals surface area contributed by atoms with Crippen molar-refractivity contribution in [1.29, 1.82) is 0 Å². The van der Waals surface area contributed by atoms with Gasteiger partial charge in [0.05, 0.1) is 5.92 Å².